The molecule has 0 bridgehead atoms. The Hall–Kier alpha value is -0.0800. The summed E-state index contributed by atoms with van der Waals surface area (Å²) in [5.74, 6) is 0.578. The molecule has 0 aliphatic carbocycles. The lowest BCUT2D eigenvalue weighted by molar-refractivity contribution is -0.129. The Balaban J connectivity index is 2.61. The van der Waals surface area contributed by atoms with Gasteiger partial charge in [-0.25, -0.2) is 0 Å². The Labute approximate surface area is 88.4 Å². The van der Waals surface area contributed by atoms with Crippen molar-refractivity contribution < 1.29 is 4.74 Å². The van der Waals surface area contributed by atoms with Crippen LogP contribution in [0.25, 0.3) is 0 Å². The van der Waals surface area contributed by atoms with E-state index in [0.717, 1.165) is 13.1 Å². The molecule has 1 fully saturated rings. The van der Waals surface area contributed by atoms with Crippen molar-refractivity contribution in [3.05, 3.63) is 0 Å². The SMILES string of the molecule is CC(C1CNCC(C)(C)O1)C(C)(C)C. The Morgan fingerprint density at radius 2 is 1.93 bits per heavy atom. The molecule has 1 heterocycles. The van der Waals surface area contributed by atoms with Gasteiger partial charge in [0.05, 0.1) is 11.7 Å². The molecule has 0 aromatic carbocycles. The zero-order valence-electron chi connectivity index (χ0n) is 10.5. The normalized spacial score (nSPS) is 30.0. The van der Waals surface area contributed by atoms with Crippen LogP contribution in [0.15, 0.2) is 0 Å². The molecular weight excluding hydrogens is 174 g/mol. The van der Waals surface area contributed by atoms with Gasteiger partial charge < -0.3 is 10.1 Å². The second-order valence-corrected chi connectivity index (χ2v) is 6.20. The number of hydrogen-bond acceptors (Lipinski definition) is 2. The fraction of sp³-hybridized carbons (Fsp3) is 1.00. The molecule has 0 aromatic rings. The van der Waals surface area contributed by atoms with Crippen molar-refractivity contribution in [3.63, 3.8) is 0 Å². The fourth-order valence-corrected chi connectivity index (χ4v) is 1.85. The smallest absolute Gasteiger partial charge is 0.0754 e. The molecule has 0 radical (unpaired) electrons. The van der Waals surface area contributed by atoms with E-state index in [1.54, 1.807) is 0 Å². The van der Waals surface area contributed by atoms with Gasteiger partial charge >= 0.3 is 0 Å². The summed E-state index contributed by atoms with van der Waals surface area (Å²) in [6, 6.07) is 0. The van der Waals surface area contributed by atoms with Crippen LogP contribution in [0.4, 0.5) is 0 Å². The van der Waals surface area contributed by atoms with E-state index in [-0.39, 0.29) is 5.60 Å². The third-order valence-electron chi connectivity index (χ3n) is 3.29. The number of hydrogen-bond donors (Lipinski definition) is 1. The molecule has 84 valence electrons. The van der Waals surface area contributed by atoms with Crippen LogP contribution in [0.5, 0.6) is 0 Å². The van der Waals surface area contributed by atoms with Crippen molar-refractivity contribution in [2.75, 3.05) is 13.1 Å². The van der Waals surface area contributed by atoms with Gasteiger partial charge in [-0.2, -0.15) is 0 Å². The van der Waals surface area contributed by atoms with Gasteiger partial charge in [0.2, 0.25) is 0 Å². The Morgan fingerprint density at radius 1 is 1.36 bits per heavy atom. The van der Waals surface area contributed by atoms with Crippen LogP contribution >= 0.6 is 0 Å². The predicted molar refractivity (Wildman–Crippen MR) is 60.4 cm³/mol. The molecular formula is C12H25NO. The quantitative estimate of drug-likeness (QED) is 0.700. The average molecular weight is 199 g/mol. The third-order valence-corrected chi connectivity index (χ3v) is 3.29. The van der Waals surface area contributed by atoms with Crippen molar-refractivity contribution in [3.8, 4) is 0 Å². The maximum atomic E-state index is 6.10. The van der Waals surface area contributed by atoms with E-state index in [0.29, 0.717) is 17.4 Å². The first-order valence-electron chi connectivity index (χ1n) is 5.61. The number of rotatable bonds is 1. The summed E-state index contributed by atoms with van der Waals surface area (Å²) in [7, 11) is 0. The molecule has 1 saturated heterocycles. The van der Waals surface area contributed by atoms with Gasteiger partial charge in [0.15, 0.2) is 0 Å². The summed E-state index contributed by atoms with van der Waals surface area (Å²) in [5.41, 5.74) is 0.308. The molecule has 1 N–H and O–H groups in total. The zero-order valence-corrected chi connectivity index (χ0v) is 10.5. The van der Waals surface area contributed by atoms with Gasteiger partial charge in [-0.05, 0) is 25.2 Å². The van der Waals surface area contributed by atoms with Gasteiger partial charge in [-0.15, -0.1) is 0 Å². The number of nitrogens with one attached hydrogen (secondary N) is 1. The molecule has 0 amide bonds. The van der Waals surface area contributed by atoms with Crippen LogP contribution in [0.2, 0.25) is 0 Å². The molecule has 0 saturated carbocycles. The van der Waals surface area contributed by atoms with Crippen LogP contribution in [0, 0.1) is 11.3 Å². The molecule has 2 heteroatoms. The molecule has 1 aliphatic heterocycles. The van der Waals surface area contributed by atoms with E-state index in [9.17, 15) is 0 Å². The van der Waals surface area contributed by atoms with E-state index in [1.165, 1.54) is 0 Å². The largest absolute Gasteiger partial charge is 0.369 e. The zero-order chi connectivity index (χ0) is 11.0. The highest BCUT2D eigenvalue weighted by Gasteiger charge is 2.35. The number of ether oxygens (including phenoxy) is 1. The van der Waals surface area contributed by atoms with Gasteiger partial charge in [-0.1, -0.05) is 27.7 Å². The average Bonchev–Trinajstić information content (AvgIpc) is 1.99. The van der Waals surface area contributed by atoms with Crippen molar-refractivity contribution >= 4 is 0 Å². The summed E-state index contributed by atoms with van der Waals surface area (Å²) in [6.45, 7) is 15.4. The Bertz CT molecular complexity index is 190. The predicted octanol–water partition coefficient (Wildman–Crippen LogP) is 2.44. The lowest BCUT2D eigenvalue weighted by Gasteiger charge is -2.43. The first-order chi connectivity index (χ1) is 6.22. The molecule has 0 aromatic heterocycles. The molecule has 0 spiro atoms. The maximum Gasteiger partial charge on any atom is 0.0754 e. The monoisotopic (exact) mass is 199 g/mol. The summed E-state index contributed by atoms with van der Waals surface area (Å²) < 4.78 is 6.10. The first kappa shape index (κ1) is 12.0. The Kier molecular flexibility index (Phi) is 3.27. The van der Waals surface area contributed by atoms with Crippen molar-refractivity contribution in [1.82, 2.24) is 5.32 Å². The summed E-state index contributed by atoms with van der Waals surface area (Å²) in [4.78, 5) is 0. The molecule has 1 aliphatic rings. The second kappa shape index (κ2) is 3.82. The maximum absolute atomic E-state index is 6.10. The second-order valence-electron chi connectivity index (χ2n) is 6.20. The van der Waals surface area contributed by atoms with E-state index < -0.39 is 0 Å². The topological polar surface area (TPSA) is 21.3 Å². The highest BCUT2D eigenvalue weighted by Crippen LogP contribution is 2.32. The van der Waals surface area contributed by atoms with Crippen LogP contribution in [0.1, 0.15) is 41.5 Å². The lowest BCUT2D eigenvalue weighted by atomic mass is 9.78. The van der Waals surface area contributed by atoms with Gasteiger partial charge in [-0.3, -0.25) is 0 Å². The summed E-state index contributed by atoms with van der Waals surface area (Å²) in [5, 5.41) is 3.45. The third kappa shape index (κ3) is 2.96. The van der Waals surface area contributed by atoms with Gasteiger partial charge in [0, 0.05) is 13.1 Å². The minimum atomic E-state index is -0.0115. The van der Waals surface area contributed by atoms with E-state index in [1.807, 2.05) is 0 Å². The van der Waals surface area contributed by atoms with Crippen LogP contribution in [-0.2, 0) is 4.74 Å². The highest BCUT2D eigenvalue weighted by atomic mass is 16.5. The first-order valence-corrected chi connectivity index (χ1v) is 5.61. The minimum Gasteiger partial charge on any atom is -0.369 e. The minimum absolute atomic E-state index is 0.0115. The molecule has 14 heavy (non-hydrogen) atoms. The molecule has 2 atom stereocenters. The van der Waals surface area contributed by atoms with E-state index in [2.05, 4.69) is 46.9 Å². The van der Waals surface area contributed by atoms with Gasteiger partial charge in [0.1, 0.15) is 0 Å². The molecule has 1 rings (SSSR count). The molecule has 2 unspecified atom stereocenters. The lowest BCUT2D eigenvalue weighted by Crippen LogP contribution is -2.54. The van der Waals surface area contributed by atoms with Crippen molar-refractivity contribution in [1.29, 1.82) is 0 Å². The van der Waals surface area contributed by atoms with E-state index in [4.69, 9.17) is 4.74 Å². The van der Waals surface area contributed by atoms with Crippen LogP contribution in [-0.4, -0.2) is 24.8 Å². The van der Waals surface area contributed by atoms with Crippen molar-refractivity contribution in [2.24, 2.45) is 11.3 Å². The summed E-state index contributed by atoms with van der Waals surface area (Å²) >= 11 is 0. The Morgan fingerprint density at radius 3 is 2.36 bits per heavy atom. The molecule has 2 nitrogen and oxygen atoms in total. The van der Waals surface area contributed by atoms with Crippen molar-refractivity contribution in [2.45, 2.75) is 53.2 Å². The number of morpholine rings is 1. The fourth-order valence-electron chi connectivity index (χ4n) is 1.85. The van der Waals surface area contributed by atoms with Crippen LogP contribution < -0.4 is 5.32 Å². The van der Waals surface area contributed by atoms with E-state index >= 15 is 0 Å². The summed E-state index contributed by atoms with van der Waals surface area (Å²) in [6.07, 6.45) is 0.346. The standard InChI is InChI=1S/C12H25NO/c1-9(11(2,3)4)10-7-13-8-12(5,6)14-10/h9-10,13H,7-8H2,1-6H3. The van der Waals surface area contributed by atoms with Crippen LogP contribution in [0.3, 0.4) is 0 Å². The highest BCUT2D eigenvalue weighted by molar-refractivity contribution is 4.87. The van der Waals surface area contributed by atoms with Gasteiger partial charge in [0.25, 0.3) is 0 Å².